The highest BCUT2D eigenvalue weighted by Gasteiger charge is 2.17. The van der Waals surface area contributed by atoms with Gasteiger partial charge >= 0.3 is 0 Å². The molecule has 4 aromatic rings. The van der Waals surface area contributed by atoms with Gasteiger partial charge in [0.05, 0.1) is 18.1 Å². The predicted molar refractivity (Wildman–Crippen MR) is 121 cm³/mol. The molecule has 0 aliphatic carbocycles. The van der Waals surface area contributed by atoms with Gasteiger partial charge < -0.3 is 15.0 Å². The number of likely N-dealkylation sites (tertiary alicyclic amines) is 1. The minimum Gasteiger partial charge on any atom is -0.476 e. The molecule has 8 nitrogen and oxygen atoms in total. The number of ether oxygens (including phenoxy) is 1. The van der Waals surface area contributed by atoms with Crippen molar-refractivity contribution in [3.05, 3.63) is 48.2 Å². The number of nitrogens with zero attached hydrogens (tertiary/aromatic N) is 5. The fourth-order valence-electron chi connectivity index (χ4n) is 4.23. The lowest BCUT2D eigenvalue weighted by Crippen LogP contribution is -2.25. The first-order chi connectivity index (χ1) is 15.2. The molecule has 1 saturated heterocycles. The van der Waals surface area contributed by atoms with Crippen LogP contribution in [0, 0.1) is 6.92 Å². The van der Waals surface area contributed by atoms with E-state index in [4.69, 9.17) is 9.72 Å². The second-order valence-electron chi connectivity index (χ2n) is 8.11. The van der Waals surface area contributed by atoms with E-state index in [2.05, 4.69) is 68.3 Å². The van der Waals surface area contributed by atoms with Crippen molar-refractivity contribution in [1.82, 2.24) is 29.8 Å². The first kappa shape index (κ1) is 19.7. The molecule has 8 heteroatoms. The normalized spacial score (nSPS) is 15.5. The Morgan fingerprint density at radius 1 is 1.19 bits per heavy atom. The van der Waals surface area contributed by atoms with Gasteiger partial charge in [-0.3, -0.25) is 4.90 Å². The quantitative estimate of drug-likeness (QED) is 0.472. The number of benzene rings is 1. The molecular formula is C23H27N7O. The summed E-state index contributed by atoms with van der Waals surface area (Å²) < 4.78 is 6.24. The number of pyridine rings is 1. The predicted octanol–water partition coefficient (Wildman–Crippen LogP) is 3.86. The van der Waals surface area contributed by atoms with Gasteiger partial charge in [0.1, 0.15) is 18.5 Å². The van der Waals surface area contributed by atoms with Crippen LogP contribution in [0.4, 0.5) is 5.82 Å². The largest absolute Gasteiger partial charge is 0.476 e. The zero-order valence-corrected chi connectivity index (χ0v) is 17.9. The molecule has 2 N–H and O–H groups in total. The molecule has 3 aromatic heterocycles. The third kappa shape index (κ3) is 4.03. The third-order valence-electron chi connectivity index (χ3n) is 5.92. The highest BCUT2D eigenvalue weighted by Crippen LogP contribution is 2.31. The monoisotopic (exact) mass is 417 g/mol. The van der Waals surface area contributed by atoms with E-state index in [1.54, 1.807) is 6.33 Å². The maximum atomic E-state index is 6.24. The van der Waals surface area contributed by atoms with Gasteiger partial charge in [-0.1, -0.05) is 18.2 Å². The number of hydrogen-bond acceptors (Lipinski definition) is 7. The van der Waals surface area contributed by atoms with Crippen LogP contribution >= 0.6 is 0 Å². The zero-order valence-electron chi connectivity index (χ0n) is 17.9. The number of rotatable bonds is 7. The molecule has 0 spiro atoms. The van der Waals surface area contributed by atoms with Crippen LogP contribution in [0.3, 0.4) is 0 Å². The average Bonchev–Trinajstić information content (AvgIpc) is 3.46. The first-order valence-corrected chi connectivity index (χ1v) is 10.8. The molecule has 1 aliphatic heterocycles. The van der Waals surface area contributed by atoms with E-state index < -0.39 is 0 Å². The maximum Gasteiger partial charge on any atom is 0.221 e. The molecule has 31 heavy (non-hydrogen) atoms. The SMILES string of the molecule is Cc1cccc2cc(C(C)Nc3ncnc4nc[nH]c34)nc(OCCN3CCCC3)c12. The number of aromatic nitrogens is 5. The third-order valence-corrected chi connectivity index (χ3v) is 5.92. The molecular weight excluding hydrogens is 390 g/mol. The molecule has 0 bridgehead atoms. The molecule has 1 unspecified atom stereocenters. The lowest BCUT2D eigenvalue weighted by molar-refractivity contribution is 0.233. The minimum absolute atomic E-state index is 0.0766. The molecule has 0 amide bonds. The van der Waals surface area contributed by atoms with E-state index in [1.807, 2.05) is 0 Å². The van der Waals surface area contributed by atoms with E-state index in [0.29, 0.717) is 24.0 Å². The van der Waals surface area contributed by atoms with Gasteiger partial charge in [0.2, 0.25) is 5.88 Å². The van der Waals surface area contributed by atoms with E-state index >= 15 is 0 Å². The van der Waals surface area contributed by atoms with Crippen LogP contribution in [0.2, 0.25) is 0 Å². The molecule has 0 saturated carbocycles. The van der Waals surface area contributed by atoms with Gasteiger partial charge in [0.25, 0.3) is 0 Å². The van der Waals surface area contributed by atoms with E-state index in [1.165, 1.54) is 37.8 Å². The number of hydrogen-bond donors (Lipinski definition) is 2. The standard InChI is InChI=1S/C23H27N7O/c1-15-6-5-7-17-12-18(16(2)28-22-20-21(25-13-24-20)26-14-27-22)29-23(19(15)17)31-11-10-30-8-3-4-9-30/h5-7,12-14,16H,3-4,8-11H2,1-2H3,(H2,24,25,26,27,28). The fraction of sp³-hybridized carbons (Fsp3) is 0.391. The molecule has 1 atom stereocenters. The van der Waals surface area contributed by atoms with Gasteiger partial charge in [-0.05, 0) is 56.8 Å². The first-order valence-electron chi connectivity index (χ1n) is 10.8. The number of H-pyrrole nitrogens is 1. The van der Waals surface area contributed by atoms with Crippen molar-refractivity contribution in [2.24, 2.45) is 0 Å². The summed E-state index contributed by atoms with van der Waals surface area (Å²) in [5, 5.41) is 5.66. The Hall–Kier alpha value is -3.26. The van der Waals surface area contributed by atoms with Gasteiger partial charge in [0.15, 0.2) is 11.5 Å². The Bertz CT molecular complexity index is 1200. The van der Waals surface area contributed by atoms with Gasteiger partial charge in [-0.2, -0.15) is 0 Å². The summed E-state index contributed by atoms with van der Waals surface area (Å²) in [5.41, 5.74) is 3.50. The number of aryl methyl sites for hydroxylation is 1. The second-order valence-corrected chi connectivity index (χ2v) is 8.11. The summed E-state index contributed by atoms with van der Waals surface area (Å²) in [6, 6.07) is 8.34. The van der Waals surface area contributed by atoms with Crippen LogP contribution in [0.25, 0.3) is 21.9 Å². The Morgan fingerprint density at radius 2 is 2.06 bits per heavy atom. The van der Waals surface area contributed by atoms with Crippen molar-refractivity contribution in [3.8, 4) is 5.88 Å². The van der Waals surface area contributed by atoms with Crippen molar-refractivity contribution in [3.63, 3.8) is 0 Å². The number of nitrogens with one attached hydrogen (secondary N) is 2. The van der Waals surface area contributed by atoms with Crippen LogP contribution in [0.15, 0.2) is 36.9 Å². The molecule has 1 fully saturated rings. The van der Waals surface area contributed by atoms with Gasteiger partial charge in [-0.15, -0.1) is 0 Å². The smallest absolute Gasteiger partial charge is 0.221 e. The average molecular weight is 418 g/mol. The number of imidazole rings is 1. The molecule has 160 valence electrons. The fourth-order valence-corrected chi connectivity index (χ4v) is 4.23. The molecule has 1 aromatic carbocycles. The highest BCUT2D eigenvalue weighted by molar-refractivity contribution is 5.90. The topological polar surface area (TPSA) is 91.9 Å². The number of fused-ring (bicyclic) bond motifs is 2. The van der Waals surface area contributed by atoms with Crippen LogP contribution in [0.1, 0.15) is 37.1 Å². The van der Waals surface area contributed by atoms with Crippen molar-refractivity contribution < 1.29 is 4.74 Å². The van der Waals surface area contributed by atoms with E-state index in [9.17, 15) is 0 Å². The minimum atomic E-state index is -0.0766. The van der Waals surface area contributed by atoms with E-state index in [0.717, 1.165) is 28.5 Å². The summed E-state index contributed by atoms with van der Waals surface area (Å²) in [4.78, 5) is 23.2. The molecule has 0 radical (unpaired) electrons. The summed E-state index contributed by atoms with van der Waals surface area (Å²) in [5.74, 6) is 1.41. The Labute approximate surface area is 181 Å². The summed E-state index contributed by atoms with van der Waals surface area (Å²) >= 11 is 0. The van der Waals surface area contributed by atoms with Crippen molar-refractivity contribution in [2.75, 3.05) is 31.6 Å². The van der Waals surface area contributed by atoms with Crippen LogP contribution in [-0.2, 0) is 0 Å². The lowest BCUT2D eigenvalue weighted by Gasteiger charge is -2.19. The summed E-state index contributed by atoms with van der Waals surface area (Å²) in [6.07, 6.45) is 5.71. The molecule has 4 heterocycles. The van der Waals surface area contributed by atoms with Crippen LogP contribution in [-0.4, -0.2) is 56.1 Å². The Balaban J connectivity index is 1.43. The number of aromatic amines is 1. The van der Waals surface area contributed by atoms with Crippen molar-refractivity contribution in [2.45, 2.75) is 32.7 Å². The van der Waals surface area contributed by atoms with Crippen LogP contribution < -0.4 is 10.1 Å². The summed E-state index contributed by atoms with van der Waals surface area (Å²) in [6.45, 7) is 8.09. The summed E-state index contributed by atoms with van der Waals surface area (Å²) in [7, 11) is 0. The number of anilines is 1. The van der Waals surface area contributed by atoms with Crippen molar-refractivity contribution in [1.29, 1.82) is 0 Å². The van der Waals surface area contributed by atoms with Gasteiger partial charge in [0, 0.05) is 11.9 Å². The Morgan fingerprint density at radius 3 is 2.94 bits per heavy atom. The van der Waals surface area contributed by atoms with E-state index in [-0.39, 0.29) is 6.04 Å². The Kier molecular flexibility index (Phi) is 5.38. The highest BCUT2D eigenvalue weighted by atomic mass is 16.5. The molecule has 1 aliphatic rings. The maximum absolute atomic E-state index is 6.24. The lowest BCUT2D eigenvalue weighted by atomic mass is 10.0. The molecule has 5 rings (SSSR count). The van der Waals surface area contributed by atoms with Crippen LogP contribution in [0.5, 0.6) is 5.88 Å². The second kappa shape index (κ2) is 8.47. The zero-order chi connectivity index (χ0) is 21.2. The van der Waals surface area contributed by atoms with Crippen molar-refractivity contribution >= 4 is 27.8 Å². The van der Waals surface area contributed by atoms with Gasteiger partial charge in [-0.25, -0.2) is 19.9 Å².